The summed E-state index contributed by atoms with van der Waals surface area (Å²) in [6.07, 6.45) is 1.35. The molecule has 0 atom stereocenters. The van der Waals surface area contributed by atoms with Gasteiger partial charge in [-0.25, -0.2) is 13.2 Å². The van der Waals surface area contributed by atoms with Crippen LogP contribution in [0.5, 0.6) is 0 Å². The lowest BCUT2D eigenvalue weighted by Crippen LogP contribution is -2.50. The number of sulfonamides is 1. The molecule has 2 saturated heterocycles. The molecule has 2 amide bonds. The maximum atomic E-state index is 13.0. The molecule has 2 heterocycles. The van der Waals surface area contributed by atoms with Crippen LogP contribution in [0.1, 0.15) is 35.7 Å². The zero-order chi connectivity index (χ0) is 20.3. The van der Waals surface area contributed by atoms with E-state index in [9.17, 15) is 18.0 Å². The Balaban J connectivity index is 1.75. The average Bonchev–Trinajstić information content (AvgIpc) is 3.24. The SMILES string of the molecule is CCOC(=O)N1CCN(C(=O)c2cc(S(=O)(=O)N3CCCC3)ccc2C)CC1. The summed E-state index contributed by atoms with van der Waals surface area (Å²) >= 11 is 0. The Morgan fingerprint density at radius 1 is 1.00 bits per heavy atom. The van der Waals surface area contributed by atoms with Gasteiger partial charge >= 0.3 is 6.09 Å². The van der Waals surface area contributed by atoms with Crippen molar-refractivity contribution in [1.82, 2.24) is 14.1 Å². The van der Waals surface area contributed by atoms with E-state index in [4.69, 9.17) is 4.74 Å². The third-order valence-electron chi connectivity index (χ3n) is 5.24. The van der Waals surface area contributed by atoms with Crippen molar-refractivity contribution in [3.8, 4) is 0 Å². The molecular weight excluding hydrogens is 382 g/mol. The van der Waals surface area contributed by atoms with Crippen LogP contribution in [0.25, 0.3) is 0 Å². The molecule has 1 aromatic rings. The van der Waals surface area contributed by atoms with Gasteiger partial charge in [-0.15, -0.1) is 0 Å². The normalized spacial score (nSPS) is 18.4. The molecule has 2 aliphatic heterocycles. The molecule has 3 rings (SSSR count). The Labute approximate surface area is 166 Å². The number of ether oxygens (including phenoxy) is 1. The first-order valence-electron chi connectivity index (χ1n) is 9.66. The van der Waals surface area contributed by atoms with Crippen LogP contribution < -0.4 is 0 Å². The fourth-order valence-electron chi connectivity index (χ4n) is 3.55. The monoisotopic (exact) mass is 409 g/mol. The summed E-state index contributed by atoms with van der Waals surface area (Å²) in [6.45, 7) is 6.49. The molecule has 0 aliphatic carbocycles. The summed E-state index contributed by atoms with van der Waals surface area (Å²) in [6, 6.07) is 4.74. The summed E-state index contributed by atoms with van der Waals surface area (Å²) in [4.78, 5) is 28.2. The number of piperazine rings is 1. The molecule has 0 radical (unpaired) electrons. The number of nitrogens with zero attached hydrogens (tertiary/aromatic N) is 3. The van der Waals surface area contributed by atoms with E-state index >= 15 is 0 Å². The lowest BCUT2D eigenvalue weighted by molar-refractivity contribution is 0.0569. The second-order valence-electron chi connectivity index (χ2n) is 7.07. The van der Waals surface area contributed by atoms with E-state index in [0.717, 1.165) is 18.4 Å². The molecule has 154 valence electrons. The van der Waals surface area contributed by atoms with Gasteiger partial charge in [0.2, 0.25) is 10.0 Å². The van der Waals surface area contributed by atoms with E-state index in [0.29, 0.717) is 51.4 Å². The van der Waals surface area contributed by atoms with Gasteiger partial charge < -0.3 is 14.5 Å². The van der Waals surface area contributed by atoms with E-state index in [1.807, 2.05) is 0 Å². The lowest BCUT2D eigenvalue weighted by Gasteiger charge is -2.34. The third kappa shape index (κ3) is 4.15. The maximum absolute atomic E-state index is 13.0. The van der Waals surface area contributed by atoms with Gasteiger partial charge in [0.05, 0.1) is 11.5 Å². The highest BCUT2D eigenvalue weighted by atomic mass is 32.2. The molecule has 0 N–H and O–H groups in total. The Kier molecular flexibility index (Phi) is 6.24. The summed E-state index contributed by atoms with van der Waals surface area (Å²) in [5.41, 5.74) is 1.13. The molecular formula is C19H27N3O5S. The number of carbonyl (C=O) groups excluding carboxylic acids is 2. The minimum Gasteiger partial charge on any atom is -0.450 e. The fourth-order valence-corrected chi connectivity index (χ4v) is 5.09. The number of amides is 2. The van der Waals surface area contributed by atoms with Gasteiger partial charge in [0.1, 0.15) is 0 Å². The largest absolute Gasteiger partial charge is 0.450 e. The van der Waals surface area contributed by atoms with Crippen LogP contribution in [0, 0.1) is 6.92 Å². The summed E-state index contributed by atoms with van der Waals surface area (Å²) < 4.78 is 32.1. The van der Waals surface area contributed by atoms with Crippen LogP contribution >= 0.6 is 0 Å². The molecule has 2 aliphatic rings. The molecule has 1 aromatic carbocycles. The fraction of sp³-hybridized carbons (Fsp3) is 0.579. The number of hydrogen-bond acceptors (Lipinski definition) is 5. The zero-order valence-electron chi connectivity index (χ0n) is 16.4. The number of hydrogen-bond donors (Lipinski definition) is 0. The number of benzene rings is 1. The second kappa shape index (κ2) is 8.48. The highest BCUT2D eigenvalue weighted by Crippen LogP contribution is 2.24. The molecule has 2 fully saturated rings. The summed E-state index contributed by atoms with van der Waals surface area (Å²) in [5.74, 6) is -0.209. The van der Waals surface area contributed by atoms with Crippen molar-refractivity contribution in [2.45, 2.75) is 31.6 Å². The van der Waals surface area contributed by atoms with Gasteiger partial charge in [0.25, 0.3) is 5.91 Å². The standard InChI is InChI=1S/C19H27N3O5S/c1-3-27-19(24)21-12-10-20(11-13-21)18(23)17-14-16(7-6-15(17)2)28(25,26)22-8-4-5-9-22/h6-7,14H,3-5,8-13H2,1-2H3. The van der Waals surface area contributed by atoms with Crippen molar-refractivity contribution >= 4 is 22.0 Å². The molecule has 0 bridgehead atoms. The number of aryl methyl sites for hydroxylation is 1. The van der Waals surface area contributed by atoms with Gasteiger partial charge in [0, 0.05) is 44.8 Å². The van der Waals surface area contributed by atoms with Crippen molar-refractivity contribution in [3.63, 3.8) is 0 Å². The second-order valence-corrected chi connectivity index (χ2v) is 9.00. The molecule has 9 heteroatoms. The first-order chi connectivity index (χ1) is 13.3. The minimum atomic E-state index is -3.58. The van der Waals surface area contributed by atoms with Crippen molar-refractivity contribution in [3.05, 3.63) is 29.3 Å². The zero-order valence-corrected chi connectivity index (χ0v) is 17.2. The minimum absolute atomic E-state index is 0.161. The summed E-state index contributed by atoms with van der Waals surface area (Å²) in [5, 5.41) is 0. The summed E-state index contributed by atoms with van der Waals surface area (Å²) in [7, 11) is -3.58. The van der Waals surface area contributed by atoms with Gasteiger partial charge in [-0.2, -0.15) is 4.31 Å². The quantitative estimate of drug-likeness (QED) is 0.755. The van der Waals surface area contributed by atoms with E-state index < -0.39 is 10.0 Å². The molecule has 0 aromatic heterocycles. The molecule has 0 saturated carbocycles. The Morgan fingerprint density at radius 2 is 1.61 bits per heavy atom. The van der Waals surface area contributed by atoms with Crippen LogP contribution in [0.4, 0.5) is 4.79 Å². The van der Waals surface area contributed by atoms with E-state index in [-0.39, 0.29) is 16.9 Å². The predicted molar refractivity (Wildman–Crippen MR) is 104 cm³/mol. The lowest BCUT2D eigenvalue weighted by atomic mass is 10.1. The topological polar surface area (TPSA) is 87.2 Å². The average molecular weight is 410 g/mol. The van der Waals surface area contributed by atoms with Crippen LogP contribution in [-0.2, 0) is 14.8 Å². The molecule has 28 heavy (non-hydrogen) atoms. The van der Waals surface area contributed by atoms with Crippen LogP contribution in [0.2, 0.25) is 0 Å². The highest BCUT2D eigenvalue weighted by Gasteiger charge is 2.30. The van der Waals surface area contributed by atoms with E-state index in [1.54, 1.807) is 35.8 Å². The van der Waals surface area contributed by atoms with E-state index in [2.05, 4.69) is 0 Å². The van der Waals surface area contributed by atoms with Gasteiger partial charge in [0.15, 0.2) is 0 Å². The highest BCUT2D eigenvalue weighted by molar-refractivity contribution is 7.89. The van der Waals surface area contributed by atoms with Gasteiger partial charge in [-0.3, -0.25) is 4.79 Å². The smallest absolute Gasteiger partial charge is 0.409 e. The van der Waals surface area contributed by atoms with Crippen LogP contribution in [-0.4, -0.2) is 80.4 Å². The van der Waals surface area contributed by atoms with E-state index in [1.165, 1.54) is 10.4 Å². The Hall–Kier alpha value is -2.13. The number of carbonyl (C=O) groups is 2. The van der Waals surface area contributed by atoms with Gasteiger partial charge in [-0.05, 0) is 44.4 Å². The van der Waals surface area contributed by atoms with Crippen LogP contribution in [0.15, 0.2) is 23.1 Å². The van der Waals surface area contributed by atoms with Crippen LogP contribution in [0.3, 0.4) is 0 Å². The number of rotatable bonds is 4. The third-order valence-corrected chi connectivity index (χ3v) is 7.13. The first kappa shape index (κ1) is 20.6. The Bertz CT molecular complexity index is 841. The van der Waals surface area contributed by atoms with Crippen molar-refractivity contribution in [1.29, 1.82) is 0 Å². The molecule has 8 nitrogen and oxygen atoms in total. The van der Waals surface area contributed by atoms with Gasteiger partial charge in [-0.1, -0.05) is 6.07 Å². The Morgan fingerprint density at radius 3 is 2.21 bits per heavy atom. The van der Waals surface area contributed by atoms with Crippen molar-refractivity contribution in [2.75, 3.05) is 45.9 Å². The predicted octanol–water partition coefficient (Wildman–Crippen LogP) is 1.69. The van der Waals surface area contributed by atoms with Crippen molar-refractivity contribution in [2.24, 2.45) is 0 Å². The maximum Gasteiger partial charge on any atom is 0.409 e. The molecule has 0 unspecified atom stereocenters. The first-order valence-corrected chi connectivity index (χ1v) is 11.1. The molecule has 0 spiro atoms. The van der Waals surface area contributed by atoms with Crippen molar-refractivity contribution < 1.29 is 22.7 Å².